The van der Waals surface area contributed by atoms with E-state index in [2.05, 4.69) is 10.4 Å². The molecule has 0 unspecified atom stereocenters. The minimum Gasteiger partial charge on any atom is -0.496 e. The Morgan fingerprint density at radius 1 is 1.10 bits per heavy atom. The van der Waals surface area contributed by atoms with Crippen molar-refractivity contribution in [2.24, 2.45) is 0 Å². The van der Waals surface area contributed by atoms with Crippen molar-refractivity contribution in [3.8, 4) is 5.75 Å². The standard InChI is InChI=1S/C21H17F3N4O3/c1-3-27-15-6-4-5-7-16(15)28-17(20(27)30)11-14(26-28)19(29)25-12-8-9-18(31-2)13(10-12)21(22,23)24/h4-11H,3H2,1-2H3,(H,25,29). The molecular formula is C21H17F3N4O3. The van der Waals surface area contributed by atoms with Crippen LogP contribution in [0.1, 0.15) is 23.0 Å². The van der Waals surface area contributed by atoms with Crippen molar-refractivity contribution >= 4 is 28.1 Å². The number of methoxy groups -OCH3 is 1. The van der Waals surface area contributed by atoms with Gasteiger partial charge in [-0.15, -0.1) is 0 Å². The monoisotopic (exact) mass is 430 g/mol. The SMILES string of the molecule is CCn1c(=O)c2cc(C(=O)Nc3ccc(OC)c(C(F)(F)F)c3)nn2c2ccccc21. The van der Waals surface area contributed by atoms with Gasteiger partial charge >= 0.3 is 6.18 Å². The minimum absolute atomic E-state index is 0.0778. The van der Waals surface area contributed by atoms with Gasteiger partial charge in [0.15, 0.2) is 5.69 Å². The Balaban J connectivity index is 1.77. The summed E-state index contributed by atoms with van der Waals surface area (Å²) >= 11 is 0. The molecule has 1 amide bonds. The zero-order valence-electron chi connectivity index (χ0n) is 16.5. The molecule has 2 heterocycles. The molecule has 10 heteroatoms. The van der Waals surface area contributed by atoms with Gasteiger partial charge in [0.25, 0.3) is 11.5 Å². The highest BCUT2D eigenvalue weighted by Crippen LogP contribution is 2.37. The fourth-order valence-electron chi connectivity index (χ4n) is 3.46. The van der Waals surface area contributed by atoms with Gasteiger partial charge in [0.05, 0.1) is 23.7 Å². The summed E-state index contributed by atoms with van der Waals surface area (Å²) in [4.78, 5) is 25.5. The molecule has 7 nitrogen and oxygen atoms in total. The van der Waals surface area contributed by atoms with E-state index in [0.29, 0.717) is 17.6 Å². The van der Waals surface area contributed by atoms with E-state index in [1.807, 2.05) is 6.92 Å². The van der Waals surface area contributed by atoms with Crippen LogP contribution in [0, 0.1) is 0 Å². The highest BCUT2D eigenvalue weighted by molar-refractivity contribution is 6.04. The van der Waals surface area contributed by atoms with Gasteiger partial charge in [-0.25, -0.2) is 4.52 Å². The number of para-hydroxylation sites is 2. The maximum absolute atomic E-state index is 13.2. The number of aryl methyl sites for hydroxylation is 1. The van der Waals surface area contributed by atoms with Crippen LogP contribution in [0.25, 0.3) is 16.6 Å². The second kappa shape index (κ2) is 7.46. The van der Waals surface area contributed by atoms with Crippen LogP contribution in [0.2, 0.25) is 0 Å². The van der Waals surface area contributed by atoms with Crippen molar-refractivity contribution in [3.63, 3.8) is 0 Å². The Hall–Kier alpha value is -3.82. The van der Waals surface area contributed by atoms with Gasteiger partial charge in [-0.2, -0.15) is 18.3 Å². The Kier molecular flexibility index (Phi) is 4.92. The third kappa shape index (κ3) is 3.49. The molecule has 0 saturated carbocycles. The molecule has 4 rings (SSSR count). The van der Waals surface area contributed by atoms with Crippen LogP contribution in [0.5, 0.6) is 5.75 Å². The van der Waals surface area contributed by atoms with Crippen LogP contribution in [-0.4, -0.2) is 27.2 Å². The normalized spacial score (nSPS) is 11.8. The second-order valence-corrected chi connectivity index (χ2v) is 6.73. The summed E-state index contributed by atoms with van der Waals surface area (Å²) in [5.41, 5.74) is -0.0385. The van der Waals surface area contributed by atoms with E-state index in [1.54, 1.807) is 28.8 Å². The molecule has 0 aliphatic carbocycles. The topological polar surface area (TPSA) is 77.6 Å². The van der Waals surface area contributed by atoms with Crippen molar-refractivity contribution < 1.29 is 22.7 Å². The van der Waals surface area contributed by atoms with Gasteiger partial charge in [-0.05, 0) is 37.3 Å². The first-order valence-corrected chi connectivity index (χ1v) is 9.32. The molecule has 0 aliphatic heterocycles. The van der Waals surface area contributed by atoms with E-state index in [1.165, 1.54) is 16.6 Å². The van der Waals surface area contributed by atoms with Crippen molar-refractivity contribution in [2.45, 2.75) is 19.6 Å². The lowest BCUT2D eigenvalue weighted by Gasteiger charge is -2.13. The zero-order valence-corrected chi connectivity index (χ0v) is 16.5. The third-order valence-corrected chi connectivity index (χ3v) is 4.89. The molecule has 0 spiro atoms. The molecule has 0 saturated heterocycles. The van der Waals surface area contributed by atoms with Crippen molar-refractivity contribution in [1.29, 1.82) is 0 Å². The molecule has 0 atom stereocenters. The lowest BCUT2D eigenvalue weighted by atomic mass is 10.1. The van der Waals surface area contributed by atoms with E-state index in [9.17, 15) is 22.8 Å². The predicted molar refractivity (Wildman–Crippen MR) is 109 cm³/mol. The summed E-state index contributed by atoms with van der Waals surface area (Å²) in [7, 11) is 1.13. The first-order chi connectivity index (χ1) is 14.7. The molecule has 2 aromatic carbocycles. The Morgan fingerprint density at radius 3 is 2.45 bits per heavy atom. The summed E-state index contributed by atoms with van der Waals surface area (Å²) < 4.78 is 47.4. The number of carbonyl (C=O) groups is 1. The van der Waals surface area contributed by atoms with E-state index < -0.39 is 17.6 Å². The molecule has 4 aromatic rings. The zero-order chi connectivity index (χ0) is 22.3. The highest BCUT2D eigenvalue weighted by Gasteiger charge is 2.34. The number of halogens is 3. The quantitative estimate of drug-likeness (QED) is 0.532. The number of hydrogen-bond acceptors (Lipinski definition) is 4. The number of amides is 1. The molecule has 0 aliphatic rings. The number of anilines is 1. The van der Waals surface area contributed by atoms with E-state index >= 15 is 0 Å². The number of carbonyl (C=O) groups excluding carboxylic acids is 1. The molecule has 0 radical (unpaired) electrons. The van der Waals surface area contributed by atoms with Gasteiger partial charge < -0.3 is 14.6 Å². The van der Waals surface area contributed by atoms with Gasteiger partial charge in [0, 0.05) is 18.3 Å². The number of fused-ring (bicyclic) bond motifs is 3. The largest absolute Gasteiger partial charge is 0.496 e. The number of aromatic nitrogens is 3. The van der Waals surface area contributed by atoms with Gasteiger partial charge in [-0.3, -0.25) is 9.59 Å². The first kappa shape index (κ1) is 20.5. The second-order valence-electron chi connectivity index (χ2n) is 6.73. The maximum atomic E-state index is 13.2. The minimum atomic E-state index is -4.65. The average molecular weight is 430 g/mol. The summed E-state index contributed by atoms with van der Waals surface area (Å²) in [6, 6.07) is 11.6. The van der Waals surface area contributed by atoms with Gasteiger partial charge in [0.2, 0.25) is 0 Å². The molecule has 0 bridgehead atoms. The highest BCUT2D eigenvalue weighted by atomic mass is 19.4. The van der Waals surface area contributed by atoms with E-state index in [0.717, 1.165) is 19.2 Å². The maximum Gasteiger partial charge on any atom is 0.420 e. The number of benzene rings is 2. The number of nitrogens with one attached hydrogen (secondary N) is 1. The summed E-state index contributed by atoms with van der Waals surface area (Å²) in [5.74, 6) is -1.10. The number of nitrogens with zero attached hydrogens (tertiary/aromatic N) is 3. The van der Waals surface area contributed by atoms with Crippen LogP contribution >= 0.6 is 0 Å². The number of ether oxygens (including phenoxy) is 1. The first-order valence-electron chi connectivity index (χ1n) is 9.32. The van der Waals surface area contributed by atoms with E-state index in [-0.39, 0.29) is 28.2 Å². The van der Waals surface area contributed by atoms with Crippen LogP contribution in [0.4, 0.5) is 18.9 Å². The summed E-state index contributed by atoms with van der Waals surface area (Å²) in [6.45, 7) is 2.25. The average Bonchev–Trinajstić information content (AvgIpc) is 3.20. The number of rotatable bonds is 4. The lowest BCUT2D eigenvalue weighted by molar-refractivity contribution is -0.138. The lowest BCUT2D eigenvalue weighted by Crippen LogP contribution is -2.22. The number of hydrogen-bond donors (Lipinski definition) is 1. The molecular weight excluding hydrogens is 413 g/mol. The predicted octanol–water partition coefficient (Wildman–Crippen LogP) is 3.95. The Morgan fingerprint density at radius 2 is 1.81 bits per heavy atom. The smallest absolute Gasteiger partial charge is 0.420 e. The Labute approximate surface area is 173 Å². The molecule has 160 valence electrons. The molecule has 1 N–H and O–H groups in total. The summed E-state index contributed by atoms with van der Waals surface area (Å²) in [5, 5.41) is 6.62. The number of alkyl halides is 3. The van der Waals surface area contributed by atoms with Crippen LogP contribution in [0.15, 0.2) is 53.3 Å². The molecule has 0 fully saturated rings. The fraction of sp³-hybridized carbons (Fsp3) is 0.190. The van der Waals surface area contributed by atoms with Crippen molar-refractivity contribution in [3.05, 3.63) is 70.1 Å². The Bertz CT molecular complexity index is 1370. The van der Waals surface area contributed by atoms with Crippen molar-refractivity contribution in [1.82, 2.24) is 14.2 Å². The summed E-state index contributed by atoms with van der Waals surface area (Å²) in [6.07, 6.45) is -4.65. The van der Waals surface area contributed by atoms with Gasteiger partial charge in [-0.1, -0.05) is 12.1 Å². The van der Waals surface area contributed by atoms with Crippen molar-refractivity contribution in [2.75, 3.05) is 12.4 Å². The van der Waals surface area contributed by atoms with Crippen LogP contribution in [-0.2, 0) is 12.7 Å². The molecule has 2 aromatic heterocycles. The fourth-order valence-corrected chi connectivity index (χ4v) is 3.46. The van der Waals surface area contributed by atoms with Crippen LogP contribution < -0.4 is 15.6 Å². The van der Waals surface area contributed by atoms with Gasteiger partial charge in [0.1, 0.15) is 11.3 Å². The van der Waals surface area contributed by atoms with Crippen LogP contribution in [0.3, 0.4) is 0 Å². The van der Waals surface area contributed by atoms with E-state index in [4.69, 9.17) is 4.74 Å². The third-order valence-electron chi connectivity index (χ3n) is 4.89. The molecule has 31 heavy (non-hydrogen) atoms.